The fraction of sp³-hybridized carbons (Fsp3) is 0.462. The molecule has 0 saturated carbocycles. The molecule has 1 rings (SSSR count). The molecule has 0 fully saturated rings. The first kappa shape index (κ1) is 14.1. The maximum absolute atomic E-state index is 11.9. The Labute approximate surface area is 104 Å². The molecular weight excluding hydrogens is 236 g/mol. The molecule has 1 aromatic carbocycles. The van der Waals surface area contributed by atoms with Gasteiger partial charge in [-0.2, -0.15) is 0 Å². The molecule has 0 radical (unpaired) electrons. The first-order chi connectivity index (χ1) is 7.99. The Kier molecular flexibility index (Phi) is 5.51. The van der Waals surface area contributed by atoms with E-state index in [-0.39, 0.29) is 11.5 Å². The molecule has 3 nitrogen and oxygen atoms in total. The average Bonchev–Trinajstić information content (AvgIpc) is 2.27. The Balaban J connectivity index is 2.48. The highest BCUT2D eigenvalue weighted by Gasteiger charge is 2.11. The first-order valence-electron chi connectivity index (χ1n) is 5.61. The molecule has 0 bridgehead atoms. The highest BCUT2D eigenvalue weighted by molar-refractivity contribution is 7.85. The summed E-state index contributed by atoms with van der Waals surface area (Å²) in [5.74, 6) is 0.237. The minimum atomic E-state index is -1.20. The summed E-state index contributed by atoms with van der Waals surface area (Å²) in [6, 6.07) is 7.41. The Morgan fingerprint density at radius 3 is 2.47 bits per heavy atom. The summed E-state index contributed by atoms with van der Waals surface area (Å²) >= 11 is 0. The molecule has 1 aromatic rings. The second kappa shape index (κ2) is 6.67. The number of aliphatic hydroxyl groups is 1. The molecule has 0 saturated heterocycles. The van der Waals surface area contributed by atoms with E-state index in [4.69, 9.17) is 0 Å². The maximum Gasteiger partial charge on any atom is 0.129 e. The Bertz CT molecular complexity index is 398. The molecule has 94 valence electrons. The van der Waals surface area contributed by atoms with E-state index in [1.54, 1.807) is 0 Å². The third-order valence-electron chi connectivity index (χ3n) is 2.46. The normalized spacial score (nSPS) is 14.3. The van der Waals surface area contributed by atoms with E-state index in [0.717, 1.165) is 10.5 Å². The van der Waals surface area contributed by atoms with Crippen molar-refractivity contribution in [2.45, 2.75) is 37.7 Å². The van der Waals surface area contributed by atoms with Crippen molar-refractivity contribution in [3.63, 3.8) is 0 Å². The summed E-state index contributed by atoms with van der Waals surface area (Å²) in [7, 11) is -1.20. The van der Waals surface area contributed by atoms with E-state index < -0.39 is 16.9 Å². The van der Waals surface area contributed by atoms with Gasteiger partial charge < -0.3 is 9.90 Å². The van der Waals surface area contributed by atoms with E-state index in [9.17, 15) is 14.1 Å². The van der Waals surface area contributed by atoms with Crippen LogP contribution in [-0.4, -0.2) is 27.0 Å². The van der Waals surface area contributed by atoms with Gasteiger partial charge in [-0.25, -0.2) is 0 Å². The molecule has 1 N–H and O–H groups in total. The van der Waals surface area contributed by atoms with Gasteiger partial charge in [0.2, 0.25) is 0 Å². The monoisotopic (exact) mass is 254 g/mol. The first-order valence-corrected chi connectivity index (χ1v) is 6.93. The van der Waals surface area contributed by atoms with Crippen molar-refractivity contribution >= 4 is 16.6 Å². The van der Waals surface area contributed by atoms with Crippen LogP contribution in [0.1, 0.15) is 25.3 Å². The number of carbonyl (C=O) groups is 1. The lowest BCUT2D eigenvalue weighted by Gasteiger charge is -2.09. The van der Waals surface area contributed by atoms with Gasteiger partial charge in [0, 0.05) is 11.3 Å². The molecule has 0 aliphatic rings. The van der Waals surface area contributed by atoms with Crippen LogP contribution in [0.4, 0.5) is 0 Å². The minimum absolute atomic E-state index is 0.0465. The Morgan fingerprint density at radius 2 is 1.94 bits per heavy atom. The van der Waals surface area contributed by atoms with Crippen LogP contribution >= 0.6 is 0 Å². The van der Waals surface area contributed by atoms with E-state index in [2.05, 4.69) is 0 Å². The molecule has 17 heavy (non-hydrogen) atoms. The lowest BCUT2D eigenvalue weighted by molar-refractivity contribution is -0.117. The quantitative estimate of drug-likeness (QED) is 0.842. The van der Waals surface area contributed by atoms with E-state index in [1.807, 2.05) is 31.2 Å². The molecule has 0 spiro atoms. The van der Waals surface area contributed by atoms with Crippen LogP contribution in [0.2, 0.25) is 0 Å². The number of aryl methyl sites for hydroxylation is 1. The average molecular weight is 254 g/mol. The van der Waals surface area contributed by atoms with Crippen LogP contribution in [0.3, 0.4) is 0 Å². The number of hydrogen-bond donors (Lipinski definition) is 1. The second-order valence-corrected chi connectivity index (χ2v) is 5.72. The van der Waals surface area contributed by atoms with Crippen LogP contribution < -0.4 is 0 Å². The molecule has 0 heterocycles. The van der Waals surface area contributed by atoms with Gasteiger partial charge in [-0.3, -0.25) is 4.21 Å². The molecule has 4 heteroatoms. The fourth-order valence-electron chi connectivity index (χ4n) is 1.41. The van der Waals surface area contributed by atoms with E-state index in [1.165, 1.54) is 6.92 Å². The number of benzene rings is 1. The molecule has 2 atom stereocenters. The van der Waals surface area contributed by atoms with Gasteiger partial charge in [-0.15, -0.1) is 0 Å². The van der Waals surface area contributed by atoms with Crippen LogP contribution in [-0.2, 0) is 15.6 Å². The number of ketones is 1. The number of Topliss-reactive ketones (excluding diaryl/α,β-unsaturated/α-hetero) is 1. The summed E-state index contributed by atoms with van der Waals surface area (Å²) in [6.07, 6.45) is 0.0418. The molecule has 0 aliphatic heterocycles. The third kappa shape index (κ3) is 5.24. The van der Waals surface area contributed by atoms with Gasteiger partial charge in [-0.05, 0) is 32.4 Å². The van der Waals surface area contributed by atoms with Gasteiger partial charge in [0.1, 0.15) is 5.78 Å². The number of aliphatic hydroxyl groups excluding tert-OH is 1. The smallest absolute Gasteiger partial charge is 0.129 e. The van der Waals surface area contributed by atoms with Crippen LogP contribution in [0, 0.1) is 6.92 Å². The molecule has 0 amide bonds. The Hall–Kier alpha value is -1.00. The van der Waals surface area contributed by atoms with Crippen LogP contribution in [0.25, 0.3) is 0 Å². The number of rotatable bonds is 6. The highest BCUT2D eigenvalue weighted by atomic mass is 32.2. The second-order valence-electron chi connectivity index (χ2n) is 4.22. The lowest BCUT2D eigenvalue weighted by Crippen LogP contribution is -2.17. The summed E-state index contributed by atoms with van der Waals surface area (Å²) in [5.41, 5.74) is 1.11. The number of hydrogen-bond acceptors (Lipinski definition) is 3. The lowest BCUT2D eigenvalue weighted by atomic mass is 10.2. The maximum atomic E-state index is 11.9. The number of carbonyl (C=O) groups excluding carboxylic acids is 1. The summed E-state index contributed by atoms with van der Waals surface area (Å²) in [4.78, 5) is 11.5. The zero-order valence-electron chi connectivity index (χ0n) is 10.2. The zero-order valence-corrected chi connectivity index (χ0v) is 11.0. The minimum Gasteiger partial charge on any atom is -0.392 e. The highest BCUT2D eigenvalue weighted by Crippen LogP contribution is 2.11. The van der Waals surface area contributed by atoms with Crippen molar-refractivity contribution in [1.29, 1.82) is 0 Å². The van der Waals surface area contributed by atoms with Crippen molar-refractivity contribution in [3.8, 4) is 0 Å². The third-order valence-corrected chi connectivity index (χ3v) is 3.94. The zero-order chi connectivity index (χ0) is 12.8. The Morgan fingerprint density at radius 1 is 1.35 bits per heavy atom. The van der Waals surface area contributed by atoms with Crippen molar-refractivity contribution in [3.05, 3.63) is 29.8 Å². The van der Waals surface area contributed by atoms with Crippen molar-refractivity contribution in [2.75, 3.05) is 5.75 Å². The van der Waals surface area contributed by atoms with Crippen molar-refractivity contribution in [2.24, 2.45) is 0 Å². The topological polar surface area (TPSA) is 54.4 Å². The van der Waals surface area contributed by atoms with Gasteiger partial charge in [0.25, 0.3) is 0 Å². The van der Waals surface area contributed by atoms with Crippen molar-refractivity contribution < 1.29 is 14.1 Å². The SMILES string of the molecule is CC(=O)CC[C@@H](O)CS(=O)c1ccc(C)cc1. The summed E-state index contributed by atoms with van der Waals surface area (Å²) in [5, 5.41) is 9.64. The van der Waals surface area contributed by atoms with Crippen LogP contribution in [0.5, 0.6) is 0 Å². The van der Waals surface area contributed by atoms with Crippen molar-refractivity contribution in [1.82, 2.24) is 0 Å². The van der Waals surface area contributed by atoms with Crippen LogP contribution in [0.15, 0.2) is 29.2 Å². The summed E-state index contributed by atoms with van der Waals surface area (Å²) in [6.45, 7) is 3.46. The predicted molar refractivity (Wildman–Crippen MR) is 68.4 cm³/mol. The van der Waals surface area contributed by atoms with Gasteiger partial charge in [0.15, 0.2) is 0 Å². The molecule has 0 aromatic heterocycles. The predicted octanol–water partition coefficient (Wildman–Crippen LogP) is 1.83. The van der Waals surface area contributed by atoms with Gasteiger partial charge in [-0.1, -0.05) is 17.7 Å². The van der Waals surface area contributed by atoms with Gasteiger partial charge in [0.05, 0.1) is 22.7 Å². The molecule has 1 unspecified atom stereocenters. The molecular formula is C13H18O3S. The van der Waals surface area contributed by atoms with E-state index >= 15 is 0 Å². The standard InChI is InChI=1S/C13H18O3S/c1-10-3-7-13(8-4-10)17(16)9-12(15)6-5-11(2)14/h3-4,7-8,12,15H,5-6,9H2,1-2H3/t12-,17?/m1/s1. The van der Waals surface area contributed by atoms with E-state index in [0.29, 0.717) is 12.8 Å². The largest absolute Gasteiger partial charge is 0.392 e. The fourth-order valence-corrected chi connectivity index (χ4v) is 2.56. The molecule has 0 aliphatic carbocycles. The van der Waals surface area contributed by atoms with Gasteiger partial charge >= 0.3 is 0 Å². The summed E-state index contributed by atoms with van der Waals surface area (Å²) < 4.78 is 11.9.